The minimum Gasteiger partial charge on any atom is -0.493 e. The van der Waals surface area contributed by atoms with Gasteiger partial charge in [0.1, 0.15) is 12.4 Å². The van der Waals surface area contributed by atoms with Gasteiger partial charge in [0.15, 0.2) is 11.5 Å². The number of carbonyl (C=O) groups is 2. The first-order chi connectivity index (χ1) is 17.3. The van der Waals surface area contributed by atoms with Crippen molar-refractivity contribution in [1.82, 2.24) is 9.80 Å². The molecule has 1 atom stereocenters. The Hall–Kier alpha value is -3.22. The van der Waals surface area contributed by atoms with Crippen molar-refractivity contribution in [3.63, 3.8) is 0 Å². The van der Waals surface area contributed by atoms with Crippen LogP contribution in [0.5, 0.6) is 17.2 Å². The number of hydrogen-bond donors (Lipinski definition) is 0. The first-order valence-corrected chi connectivity index (χ1v) is 12.8. The highest BCUT2D eigenvalue weighted by Crippen LogP contribution is 2.28. The molecule has 0 saturated heterocycles. The molecule has 196 valence electrons. The Labute approximate surface area is 215 Å². The highest BCUT2D eigenvalue weighted by molar-refractivity contribution is 5.96. The Morgan fingerprint density at radius 1 is 1.06 bits per heavy atom. The van der Waals surface area contributed by atoms with Gasteiger partial charge in [0.25, 0.3) is 5.91 Å². The van der Waals surface area contributed by atoms with Crippen molar-refractivity contribution in [3.05, 3.63) is 53.6 Å². The van der Waals surface area contributed by atoms with Gasteiger partial charge in [0.2, 0.25) is 5.91 Å². The fourth-order valence-electron chi connectivity index (χ4n) is 4.66. The average Bonchev–Trinajstić information content (AvgIpc) is 2.88. The maximum atomic E-state index is 13.6. The second-order valence-electron chi connectivity index (χ2n) is 9.80. The second kappa shape index (κ2) is 13.2. The molecule has 0 fully saturated rings. The van der Waals surface area contributed by atoms with Gasteiger partial charge < -0.3 is 24.0 Å². The van der Waals surface area contributed by atoms with Gasteiger partial charge in [-0.3, -0.25) is 9.59 Å². The zero-order valence-electron chi connectivity index (χ0n) is 22.3. The van der Waals surface area contributed by atoms with Crippen molar-refractivity contribution in [1.29, 1.82) is 0 Å². The Morgan fingerprint density at radius 3 is 2.50 bits per heavy atom. The van der Waals surface area contributed by atoms with E-state index in [9.17, 15) is 9.59 Å². The first-order valence-electron chi connectivity index (χ1n) is 12.8. The topological polar surface area (TPSA) is 68.3 Å². The fourth-order valence-corrected chi connectivity index (χ4v) is 4.66. The molecule has 3 rings (SSSR count). The third-order valence-corrected chi connectivity index (χ3v) is 6.62. The van der Waals surface area contributed by atoms with Crippen molar-refractivity contribution in [2.75, 3.05) is 41.0 Å². The number of aryl methyl sites for hydroxylation is 1. The molecule has 0 unspecified atom stereocenters. The number of para-hydroxylation sites is 1. The largest absolute Gasteiger partial charge is 0.493 e. The molecule has 1 heterocycles. The van der Waals surface area contributed by atoms with Crippen LogP contribution in [-0.4, -0.2) is 68.6 Å². The summed E-state index contributed by atoms with van der Waals surface area (Å²) in [7, 11) is 5.04. The molecule has 0 saturated carbocycles. The zero-order chi connectivity index (χ0) is 26.1. The summed E-state index contributed by atoms with van der Waals surface area (Å²) < 4.78 is 17.0. The number of carbonyl (C=O) groups excluding carboxylic acids is 2. The quantitative estimate of drug-likeness (QED) is 0.550. The number of rotatable bonds is 7. The molecule has 2 amide bonds. The molecule has 1 aliphatic heterocycles. The molecule has 2 aromatic carbocycles. The average molecular weight is 497 g/mol. The minimum atomic E-state index is -0.0665. The molecule has 0 N–H and O–H groups in total. The second-order valence-corrected chi connectivity index (χ2v) is 9.80. The van der Waals surface area contributed by atoms with Crippen LogP contribution >= 0.6 is 0 Å². The van der Waals surface area contributed by atoms with E-state index in [-0.39, 0.29) is 17.9 Å². The van der Waals surface area contributed by atoms with E-state index in [0.29, 0.717) is 61.3 Å². The van der Waals surface area contributed by atoms with Crippen LogP contribution in [0.2, 0.25) is 0 Å². The Morgan fingerprint density at radius 2 is 1.78 bits per heavy atom. The highest BCUT2D eigenvalue weighted by atomic mass is 16.5. The van der Waals surface area contributed by atoms with Crippen molar-refractivity contribution < 1.29 is 23.8 Å². The Kier molecular flexibility index (Phi) is 10.0. The summed E-state index contributed by atoms with van der Waals surface area (Å²) in [4.78, 5) is 30.3. The van der Waals surface area contributed by atoms with Gasteiger partial charge in [-0.05, 0) is 61.4 Å². The molecular weight excluding hydrogens is 456 g/mol. The van der Waals surface area contributed by atoms with Crippen LogP contribution in [0.15, 0.2) is 42.5 Å². The van der Waals surface area contributed by atoms with Crippen molar-refractivity contribution >= 4 is 11.8 Å². The van der Waals surface area contributed by atoms with Crippen LogP contribution in [0.1, 0.15) is 55.5 Å². The minimum absolute atomic E-state index is 0.0329. The first kappa shape index (κ1) is 27.4. The van der Waals surface area contributed by atoms with E-state index >= 15 is 0 Å². The van der Waals surface area contributed by atoms with Crippen molar-refractivity contribution in [2.24, 2.45) is 5.92 Å². The maximum Gasteiger partial charge on any atom is 0.257 e. The van der Waals surface area contributed by atoms with E-state index < -0.39 is 0 Å². The van der Waals surface area contributed by atoms with Gasteiger partial charge in [-0.2, -0.15) is 0 Å². The summed E-state index contributed by atoms with van der Waals surface area (Å²) in [5.74, 6) is 2.39. The zero-order valence-corrected chi connectivity index (χ0v) is 22.3. The lowest BCUT2D eigenvalue weighted by Gasteiger charge is -2.34. The van der Waals surface area contributed by atoms with Crippen LogP contribution in [0.4, 0.5) is 0 Å². The van der Waals surface area contributed by atoms with Crippen LogP contribution in [0.3, 0.4) is 0 Å². The Bertz CT molecular complexity index is 1020. The molecule has 1 aliphatic rings. The molecule has 0 bridgehead atoms. The Balaban J connectivity index is 1.80. The summed E-state index contributed by atoms with van der Waals surface area (Å²) in [5, 5.41) is 0. The molecule has 36 heavy (non-hydrogen) atoms. The van der Waals surface area contributed by atoms with Gasteiger partial charge in [-0.1, -0.05) is 32.0 Å². The lowest BCUT2D eigenvalue weighted by Crippen LogP contribution is -2.45. The van der Waals surface area contributed by atoms with Crippen LogP contribution in [0.25, 0.3) is 0 Å². The van der Waals surface area contributed by atoms with Crippen molar-refractivity contribution in [2.45, 2.75) is 52.0 Å². The van der Waals surface area contributed by atoms with Gasteiger partial charge in [-0.25, -0.2) is 0 Å². The molecule has 7 heteroatoms. The lowest BCUT2D eigenvalue weighted by molar-refractivity contribution is -0.134. The molecule has 0 aliphatic carbocycles. The number of methoxy groups -OCH3 is 2. The summed E-state index contributed by atoms with van der Waals surface area (Å²) in [6.45, 7) is 5.96. The van der Waals surface area contributed by atoms with E-state index in [0.717, 1.165) is 24.8 Å². The van der Waals surface area contributed by atoms with E-state index in [2.05, 4.69) is 13.8 Å². The predicted molar refractivity (Wildman–Crippen MR) is 141 cm³/mol. The molecule has 7 nitrogen and oxygen atoms in total. The monoisotopic (exact) mass is 496 g/mol. The van der Waals surface area contributed by atoms with Gasteiger partial charge in [0.05, 0.1) is 25.8 Å². The van der Waals surface area contributed by atoms with Gasteiger partial charge >= 0.3 is 0 Å². The summed E-state index contributed by atoms with van der Waals surface area (Å²) in [6.07, 6.45) is 3.51. The molecular formula is C29H40N2O5. The van der Waals surface area contributed by atoms with Gasteiger partial charge in [0, 0.05) is 26.6 Å². The van der Waals surface area contributed by atoms with Crippen LogP contribution in [0, 0.1) is 5.92 Å². The van der Waals surface area contributed by atoms with Crippen molar-refractivity contribution in [3.8, 4) is 17.2 Å². The number of hydrogen-bond acceptors (Lipinski definition) is 5. The standard InChI is InChI=1S/C29H40N2O5/c1-21(2)18-23-20-36-25-11-7-6-10-24(25)29(33)30(3)16-8-9-17-31(23)28(32)15-13-22-12-14-26(34-4)27(19-22)35-5/h6-7,10-12,14,19,21,23H,8-9,13,15-18,20H2,1-5H3/t23-/m0/s1. The third kappa shape index (κ3) is 7.15. The molecule has 0 aromatic heterocycles. The highest BCUT2D eigenvalue weighted by Gasteiger charge is 2.27. The number of nitrogens with zero attached hydrogens (tertiary/aromatic N) is 2. The van der Waals surface area contributed by atoms with E-state index in [1.54, 1.807) is 19.1 Å². The van der Waals surface area contributed by atoms with E-state index in [4.69, 9.17) is 14.2 Å². The van der Waals surface area contributed by atoms with E-state index in [1.807, 2.05) is 54.4 Å². The lowest BCUT2D eigenvalue weighted by atomic mass is 10.0. The van der Waals surface area contributed by atoms with E-state index in [1.165, 1.54) is 0 Å². The summed E-state index contributed by atoms with van der Waals surface area (Å²) in [5.41, 5.74) is 1.59. The van der Waals surface area contributed by atoms with Crippen LogP contribution < -0.4 is 14.2 Å². The molecule has 2 aromatic rings. The molecule has 0 radical (unpaired) electrons. The smallest absolute Gasteiger partial charge is 0.257 e. The van der Waals surface area contributed by atoms with Gasteiger partial charge in [-0.15, -0.1) is 0 Å². The SMILES string of the molecule is COc1ccc(CCC(=O)N2CCCCN(C)C(=O)c3ccccc3OC[C@@H]2CC(C)C)cc1OC. The maximum absolute atomic E-state index is 13.6. The normalized spacial score (nSPS) is 17.1. The number of amides is 2. The number of benzene rings is 2. The third-order valence-electron chi connectivity index (χ3n) is 6.62. The van der Waals surface area contributed by atoms with Crippen LogP contribution in [-0.2, 0) is 11.2 Å². The number of ether oxygens (including phenoxy) is 3. The number of fused-ring (bicyclic) bond motifs is 1. The summed E-state index contributed by atoms with van der Waals surface area (Å²) in [6, 6.07) is 13.1. The summed E-state index contributed by atoms with van der Waals surface area (Å²) >= 11 is 0. The predicted octanol–water partition coefficient (Wildman–Crippen LogP) is 4.82. The molecule has 0 spiro atoms. The fraction of sp³-hybridized carbons (Fsp3) is 0.517.